The van der Waals surface area contributed by atoms with Crippen molar-refractivity contribution < 1.29 is 4.52 Å². The maximum Gasteiger partial charge on any atom is 0.223 e. The average molecular weight is 187 g/mol. The van der Waals surface area contributed by atoms with Crippen LogP contribution < -0.4 is 5.32 Å². The molecule has 1 unspecified atom stereocenters. The quantitative estimate of drug-likeness (QED) is 0.717. The molecule has 1 rings (SSSR count). The molecule has 0 fully saturated rings. The van der Waals surface area contributed by atoms with E-state index in [0.29, 0.717) is 23.6 Å². The molecular weight excluding hydrogens is 174 g/mol. The fourth-order valence-corrected chi connectivity index (χ4v) is 0.981. The summed E-state index contributed by atoms with van der Waals surface area (Å²) in [7, 11) is 0. The van der Waals surface area contributed by atoms with E-state index in [4.69, 9.17) is 4.52 Å². The van der Waals surface area contributed by atoms with E-state index in [1.807, 2.05) is 0 Å². The predicted molar refractivity (Wildman–Crippen MR) is 48.9 cm³/mol. The number of nitrogens with zero attached hydrogens (tertiary/aromatic N) is 2. The Balaban J connectivity index is 2.33. The van der Waals surface area contributed by atoms with Crippen LogP contribution in [0.4, 0.5) is 0 Å². The smallest absolute Gasteiger partial charge is 0.223 e. The molecule has 0 amide bonds. The fraction of sp³-hybridized carbons (Fsp3) is 0.714. The Hall–Kier alpha value is -0.550. The Labute approximate surface area is 76.1 Å². The number of aromatic nitrogens is 2. The van der Waals surface area contributed by atoms with Crippen LogP contribution in [0.5, 0.6) is 0 Å². The summed E-state index contributed by atoms with van der Waals surface area (Å²) < 4.78 is 4.82. The first kappa shape index (κ1) is 9.54. The molecule has 0 aliphatic rings. The third-order valence-corrected chi connectivity index (χ3v) is 2.34. The average Bonchev–Trinajstić information content (AvgIpc) is 2.47. The van der Waals surface area contributed by atoms with Gasteiger partial charge in [-0.15, -0.1) is 11.8 Å². The van der Waals surface area contributed by atoms with E-state index in [-0.39, 0.29) is 0 Å². The van der Waals surface area contributed by atoms with Crippen molar-refractivity contribution in [1.29, 1.82) is 0 Å². The van der Waals surface area contributed by atoms with Gasteiger partial charge in [0.05, 0.1) is 11.9 Å². The molecule has 0 spiro atoms. The minimum atomic E-state index is 0.420. The molecular formula is C7H13N3OS. The molecule has 1 atom stereocenters. The van der Waals surface area contributed by atoms with E-state index >= 15 is 0 Å². The molecule has 0 aliphatic carbocycles. The van der Waals surface area contributed by atoms with E-state index in [1.165, 1.54) is 0 Å². The van der Waals surface area contributed by atoms with Gasteiger partial charge in [-0.05, 0) is 13.2 Å². The second-order valence-corrected chi connectivity index (χ2v) is 3.67. The molecule has 0 saturated heterocycles. The van der Waals surface area contributed by atoms with Crippen molar-refractivity contribution in [2.75, 3.05) is 6.26 Å². The van der Waals surface area contributed by atoms with Crippen molar-refractivity contribution in [2.45, 2.75) is 25.8 Å². The second kappa shape index (κ2) is 4.47. The van der Waals surface area contributed by atoms with Crippen LogP contribution >= 0.6 is 11.8 Å². The molecule has 5 heteroatoms. The Morgan fingerprint density at radius 1 is 1.67 bits per heavy atom. The van der Waals surface area contributed by atoms with Crippen LogP contribution in [-0.4, -0.2) is 21.8 Å². The molecule has 4 nitrogen and oxygen atoms in total. The molecule has 12 heavy (non-hydrogen) atoms. The molecule has 0 aliphatic heterocycles. The number of thioether (sulfide) groups is 1. The third-order valence-electron chi connectivity index (χ3n) is 1.47. The largest absolute Gasteiger partial charge is 0.340 e. The van der Waals surface area contributed by atoms with Crippen molar-refractivity contribution in [3.05, 3.63) is 11.7 Å². The number of nitrogens with one attached hydrogen (secondary N) is 1. The monoisotopic (exact) mass is 187 g/mol. The lowest BCUT2D eigenvalue weighted by Gasteiger charge is -2.07. The molecule has 68 valence electrons. The Bertz CT molecular complexity index is 238. The van der Waals surface area contributed by atoms with Gasteiger partial charge in [-0.1, -0.05) is 5.16 Å². The summed E-state index contributed by atoms with van der Waals surface area (Å²) in [6, 6.07) is 0. The van der Waals surface area contributed by atoms with Gasteiger partial charge in [0.15, 0.2) is 5.82 Å². The van der Waals surface area contributed by atoms with Crippen molar-refractivity contribution >= 4 is 11.8 Å². The van der Waals surface area contributed by atoms with Crippen molar-refractivity contribution in [3.8, 4) is 0 Å². The summed E-state index contributed by atoms with van der Waals surface area (Å²) in [4.78, 5) is 4.07. The van der Waals surface area contributed by atoms with Gasteiger partial charge < -0.3 is 4.52 Å². The van der Waals surface area contributed by atoms with E-state index < -0.39 is 0 Å². The lowest BCUT2D eigenvalue weighted by Crippen LogP contribution is -2.22. The molecule has 0 bridgehead atoms. The summed E-state index contributed by atoms with van der Waals surface area (Å²) >= 11 is 1.75. The Morgan fingerprint density at radius 2 is 2.42 bits per heavy atom. The number of rotatable bonds is 4. The zero-order valence-electron chi connectivity index (χ0n) is 7.50. The molecule has 0 radical (unpaired) electrons. The number of hydrogen-bond donors (Lipinski definition) is 1. The first-order valence-electron chi connectivity index (χ1n) is 3.77. The SMILES string of the molecule is CSC(C)NCc1noc(C)n1. The summed E-state index contributed by atoms with van der Waals surface area (Å²) in [6.07, 6.45) is 2.05. The molecule has 0 aromatic carbocycles. The minimum absolute atomic E-state index is 0.420. The summed E-state index contributed by atoms with van der Waals surface area (Å²) in [5.41, 5.74) is 0. The second-order valence-electron chi connectivity index (χ2n) is 2.49. The molecule has 0 saturated carbocycles. The Morgan fingerprint density at radius 3 is 2.92 bits per heavy atom. The number of hydrogen-bond acceptors (Lipinski definition) is 5. The normalized spacial score (nSPS) is 13.2. The lowest BCUT2D eigenvalue weighted by molar-refractivity contribution is 0.385. The van der Waals surface area contributed by atoms with Gasteiger partial charge in [0.1, 0.15) is 0 Å². The highest BCUT2D eigenvalue weighted by atomic mass is 32.2. The highest BCUT2D eigenvalue weighted by Gasteiger charge is 2.03. The van der Waals surface area contributed by atoms with Gasteiger partial charge in [0.25, 0.3) is 0 Å². The standard InChI is InChI=1S/C7H13N3OS/c1-5-9-7(10-11-5)4-8-6(2)12-3/h6,8H,4H2,1-3H3. The predicted octanol–water partition coefficient (Wildman–Crippen LogP) is 1.18. The highest BCUT2D eigenvalue weighted by Crippen LogP contribution is 2.02. The molecule has 1 N–H and O–H groups in total. The van der Waals surface area contributed by atoms with Crippen LogP contribution in [0.1, 0.15) is 18.6 Å². The van der Waals surface area contributed by atoms with Gasteiger partial charge in [-0.3, -0.25) is 5.32 Å². The van der Waals surface area contributed by atoms with E-state index in [2.05, 4.69) is 28.6 Å². The minimum Gasteiger partial charge on any atom is -0.340 e. The van der Waals surface area contributed by atoms with Crippen molar-refractivity contribution in [3.63, 3.8) is 0 Å². The molecule has 1 aromatic rings. The topological polar surface area (TPSA) is 51.0 Å². The van der Waals surface area contributed by atoms with Crippen LogP contribution in [-0.2, 0) is 6.54 Å². The van der Waals surface area contributed by atoms with Gasteiger partial charge in [-0.25, -0.2) is 0 Å². The van der Waals surface area contributed by atoms with Gasteiger partial charge in [0.2, 0.25) is 5.89 Å². The summed E-state index contributed by atoms with van der Waals surface area (Å²) in [5.74, 6) is 1.33. The van der Waals surface area contributed by atoms with Crippen LogP contribution in [0.25, 0.3) is 0 Å². The first-order chi connectivity index (χ1) is 5.72. The van der Waals surface area contributed by atoms with E-state index in [9.17, 15) is 0 Å². The maximum atomic E-state index is 4.82. The van der Waals surface area contributed by atoms with Crippen LogP contribution in [0, 0.1) is 6.92 Å². The van der Waals surface area contributed by atoms with Gasteiger partial charge >= 0.3 is 0 Å². The van der Waals surface area contributed by atoms with Crippen LogP contribution in [0.15, 0.2) is 4.52 Å². The number of aryl methyl sites for hydroxylation is 1. The maximum absolute atomic E-state index is 4.82. The third kappa shape index (κ3) is 2.83. The zero-order chi connectivity index (χ0) is 8.97. The van der Waals surface area contributed by atoms with E-state index in [1.54, 1.807) is 18.7 Å². The van der Waals surface area contributed by atoms with Crippen molar-refractivity contribution in [1.82, 2.24) is 15.5 Å². The lowest BCUT2D eigenvalue weighted by atomic mass is 10.5. The van der Waals surface area contributed by atoms with Crippen LogP contribution in [0.3, 0.4) is 0 Å². The summed E-state index contributed by atoms with van der Waals surface area (Å²) in [5, 5.41) is 7.42. The van der Waals surface area contributed by atoms with Crippen LogP contribution in [0.2, 0.25) is 0 Å². The molecule has 1 aromatic heterocycles. The molecule has 1 heterocycles. The summed E-state index contributed by atoms with van der Waals surface area (Å²) in [6.45, 7) is 4.55. The van der Waals surface area contributed by atoms with Gasteiger partial charge in [0, 0.05) is 6.92 Å². The Kier molecular flexibility index (Phi) is 3.55. The van der Waals surface area contributed by atoms with E-state index in [0.717, 1.165) is 0 Å². The fourth-order valence-electron chi connectivity index (χ4n) is 0.731. The first-order valence-corrected chi connectivity index (χ1v) is 5.06. The van der Waals surface area contributed by atoms with Gasteiger partial charge in [-0.2, -0.15) is 4.98 Å². The van der Waals surface area contributed by atoms with Crippen molar-refractivity contribution in [2.24, 2.45) is 0 Å². The highest BCUT2D eigenvalue weighted by molar-refractivity contribution is 7.99. The zero-order valence-corrected chi connectivity index (χ0v) is 8.31.